The first-order valence-electron chi connectivity index (χ1n) is 6.86. The van der Waals surface area contributed by atoms with Crippen LogP contribution in [0.2, 0.25) is 0 Å². The number of hydrogen-bond acceptors (Lipinski definition) is 4. The van der Waals surface area contributed by atoms with Crippen LogP contribution in [-0.2, 0) is 16.4 Å². The number of benzene rings is 1. The lowest BCUT2D eigenvalue weighted by Gasteiger charge is -2.06. The average molecular weight is 335 g/mol. The van der Waals surface area contributed by atoms with Gasteiger partial charge in [0.25, 0.3) is 5.91 Å². The molecule has 0 atom stereocenters. The number of primary sulfonamides is 1. The zero-order chi connectivity index (χ0) is 17.0. The van der Waals surface area contributed by atoms with E-state index in [1.165, 1.54) is 18.2 Å². The summed E-state index contributed by atoms with van der Waals surface area (Å²) in [6.45, 7) is 2.06. The van der Waals surface area contributed by atoms with Gasteiger partial charge in [0.15, 0.2) is 0 Å². The first kappa shape index (κ1) is 16.9. The Morgan fingerprint density at radius 1 is 1.22 bits per heavy atom. The van der Waals surface area contributed by atoms with Crippen molar-refractivity contribution in [2.75, 3.05) is 6.54 Å². The SMILES string of the molecule is Cc1cc(C(=O)NCCc2ccc(S(N)(=O)=O)cc2)cc(=O)[nH]1. The number of sulfonamides is 1. The third-order valence-electron chi connectivity index (χ3n) is 3.19. The fourth-order valence-electron chi connectivity index (χ4n) is 2.08. The quantitative estimate of drug-likeness (QED) is 0.727. The lowest BCUT2D eigenvalue weighted by atomic mass is 10.1. The van der Waals surface area contributed by atoms with E-state index in [1.54, 1.807) is 25.1 Å². The molecule has 7 nitrogen and oxygen atoms in total. The Balaban J connectivity index is 1.94. The molecular weight excluding hydrogens is 318 g/mol. The van der Waals surface area contributed by atoms with Gasteiger partial charge < -0.3 is 10.3 Å². The van der Waals surface area contributed by atoms with Crippen molar-refractivity contribution < 1.29 is 13.2 Å². The summed E-state index contributed by atoms with van der Waals surface area (Å²) in [5.74, 6) is -0.333. The van der Waals surface area contributed by atoms with Gasteiger partial charge in [-0.2, -0.15) is 0 Å². The molecule has 1 heterocycles. The van der Waals surface area contributed by atoms with Crippen LogP contribution in [-0.4, -0.2) is 25.9 Å². The third kappa shape index (κ3) is 4.76. The van der Waals surface area contributed by atoms with Gasteiger partial charge in [-0.1, -0.05) is 12.1 Å². The molecule has 8 heteroatoms. The summed E-state index contributed by atoms with van der Waals surface area (Å²) in [6.07, 6.45) is 0.527. The maximum absolute atomic E-state index is 12.0. The molecule has 0 unspecified atom stereocenters. The maximum Gasteiger partial charge on any atom is 0.251 e. The zero-order valence-corrected chi connectivity index (χ0v) is 13.3. The van der Waals surface area contributed by atoms with Crippen molar-refractivity contribution in [3.8, 4) is 0 Å². The highest BCUT2D eigenvalue weighted by Crippen LogP contribution is 2.09. The fourth-order valence-corrected chi connectivity index (χ4v) is 2.60. The van der Waals surface area contributed by atoms with Crippen molar-refractivity contribution in [1.29, 1.82) is 0 Å². The number of hydrogen-bond donors (Lipinski definition) is 3. The van der Waals surface area contributed by atoms with Crippen LogP contribution >= 0.6 is 0 Å². The molecule has 1 amide bonds. The Morgan fingerprint density at radius 2 is 1.87 bits per heavy atom. The van der Waals surface area contributed by atoms with Crippen LogP contribution in [0.1, 0.15) is 21.6 Å². The summed E-state index contributed by atoms with van der Waals surface area (Å²) in [6, 6.07) is 8.96. The van der Waals surface area contributed by atoms with E-state index in [-0.39, 0.29) is 16.4 Å². The number of aromatic nitrogens is 1. The zero-order valence-electron chi connectivity index (χ0n) is 12.5. The standard InChI is InChI=1S/C15H17N3O4S/c1-10-8-12(9-14(19)18-10)15(20)17-7-6-11-2-4-13(5-3-11)23(16,21)22/h2-5,8-9H,6-7H2,1H3,(H,17,20)(H,18,19)(H2,16,21,22). The predicted octanol–water partition coefficient (Wildman–Crippen LogP) is 0.303. The number of aryl methyl sites for hydroxylation is 1. The minimum absolute atomic E-state index is 0.0456. The van der Waals surface area contributed by atoms with Gasteiger partial charge in [-0.3, -0.25) is 9.59 Å². The van der Waals surface area contributed by atoms with Crippen molar-refractivity contribution in [1.82, 2.24) is 10.3 Å². The van der Waals surface area contributed by atoms with Crippen LogP contribution in [0.25, 0.3) is 0 Å². The molecule has 0 radical (unpaired) electrons. The van der Waals surface area contributed by atoms with Gasteiger partial charge in [-0.05, 0) is 37.1 Å². The number of carbonyl (C=O) groups excluding carboxylic acids is 1. The molecule has 2 aromatic rings. The largest absolute Gasteiger partial charge is 0.352 e. The normalized spacial score (nSPS) is 11.2. The highest BCUT2D eigenvalue weighted by molar-refractivity contribution is 7.89. The second-order valence-electron chi connectivity index (χ2n) is 5.11. The molecule has 1 aromatic carbocycles. The van der Waals surface area contributed by atoms with Crippen LogP contribution in [0.3, 0.4) is 0 Å². The van der Waals surface area contributed by atoms with Crippen LogP contribution in [0.4, 0.5) is 0 Å². The molecule has 23 heavy (non-hydrogen) atoms. The Bertz CT molecular complexity index is 870. The van der Waals surface area contributed by atoms with Crippen LogP contribution in [0.15, 0.2) is 46.1 Å². The second kappa shape index (κ2) is 6.76. The van der Waals surface area contributed by atoms with Crippen LogP contribution < -0.4 is 16.0 Å². The van der Waals surface area contributed by atoms with E-state index in [2.05, 4.69) is 10.3 Å². The first-order valence-corrected chi connectivity index (χ1v) is 8.41. The average Bonchev–Trinajstić information content (AvgIpc) is 2.45. The summed E-state index contributed by atoms with van der Waals surface area (Å²) < 4.78 is 22.3. The van der Waals surface area contributed by atoms with E-state index in [4.69, 9.17) is 5.14 Å². The number of carbonyl (C=O) groups is 1. The summed E-state index contributed by atoms with van der Waals surface area (Å²) in [5, 5.41) is 7.73. The molecule has 4 N–H and O–H groups in total. The molecule has 0 saturated heterocycles. The number of nitrogens with two attached hydrogens (primary N) is 1. The van der Waals surface area contributed by atoms with E-state index in [1.807, 2.05) is 0 Å². The number of amides is 1. The molecule has 0 aliphatic heterocycles. The molecule has 122 valence electrons. The molecule has 0 aliphatic carbocycles. The molecule has 1 aromatic heterocycles. The fraction of sp³-hybridized carbons (Fsp3) is 0.200. The molecule has 0 saturated carbocycles. The number of rotatable bonds is 5. The van der Waals surface area contributed by atoms with Gasteiger partial charge >= 0.3 is 0 Å². The summed E-state index contributed by atoms with van der Waals surface area (Å²) in [5.41, 5.74) is 1.45. The topological polar surface area (TPSA) is 122 Å². The Kier molecular flexibility index (Phi) is 4.97. The van der Waals surface area contributed by atoms with E-state index in [0.29, 0.717) is 24.2 Å². The smallest absolute Gasteiger partial charge is 0.251 e. The monoisotopic (exact) mass is 335 g/mol. The highest BCUT2D eigenvalue weighted by Gasteiger charge is 2.08. The number of nitrogens with one attached hydrogen (secondary N) is 2. The van der Waals surface area contributed by atoms with E-state index in [0.717, 1.165) is 5.56 Å². The molecular formula is C15H17N3O4S. The minimum atomic E-state index is -3.70. The summed E-state index contributed by atoms with van der Waals surface area (Å²) in [4.78, 5) is 25.9. The lowest BCUT2D eigenvalue weighted by Crippen LogP contribution is -2.27. The van der Waals surface area contributed by atoms with Gasteiger partial charge in [0.2, 0.25) is 15.6 Å². The van der Waals surface area contributed by atoms with Gasteiger partial charge in [0.1, 0.15) is 0 Å². The van der Waals surface area contributed by atoms with E-state index < -0.39 is 10.0 Å². The Labute approximate surface area is 133 Å². The molecule has 2 rings (SSSR count). The van der Waals surface area contributed by atoms with Gasteiger partial charge in [0.05, 0.1) is 4.90 Å². The molecule has 0 aliphatic rings. The Morgan fingerprint density at radius 3 is 2.43 bits per heavy atom. The first-order chi connectivity index (χ1) is 10.8. The van der Waals surface area contributed by atoms with Crippen LogP contribution in [0.5, 0.6) is 0 Å². The van der Waals surface area contributed by atoms with Gasteiger partial charge in [0, 0.05) is 23.9 Å². The van der Waals surface area contributed by atoms with Gasteiger partial charge in [-0.25, -0.2) is 13.6 Å². The Hall–Kier alpha value is -2.45. The maximum atomic E-state index is 12.0. The van der Waals surface area contributed by atoms with E-state index in [9.17, 15) is 18.0 Å². The third-order valence-corrected chi connectivity index (χ3v) is 4.12. The van der Waals surface area contributed by atoms with Crippen molar-refractivity contribution in [2.24, 2.45) is 5.14 Å². The lowest BCUT2D eigenvalue weighted by molar-refractivity contribution is 0.0954. The van der Waals surface area contributed by atoms with Crippen molar-refractivity contribution in [3.05, 3.63) is 63.6 Å². The van der Waals surface area contributed by atoms with Gasteiger partial charge in [-0.15, -0.1) is 0 Å². The van der Waals surface area contributed by atoms with Crippen LogP contribution in [0, 0.1) is 6.92 Å². The number of H-pyrrole nitrogens is 1. The minimum Gasteiger partial charge on any atom is -0.352 e. The number of pyridine rings is 1. The highest BCUT2D eigenvalue weighted by atomic mass is 32.2. The predicted molar refractivity (Wildman–Crippen MR) is 85.7 cm³/mol. The second-order valence-corrected chi connectivity index (χ2v) is 6.67. The van der Waals surface area contributed by atoms with Crippen molar-refractivity contribution in [2.45, 2.75) is 18.2 Å². The molecule has 0 bridgehead atoms. The summed E-state index contributed by atoms with van der Waals surface area (Å²) in [7, 11) is -3.70. The summed E-state index contributed by atoms with van der Waals surface area (Å²) >= 11 is 0. The van der Waals surface area contributed by atoms with Crippen molar-refractivity contribution in [3.63, 3.8) is 0 Å². The molecule has 0 spiro atoms. The van der Waals surface area contributed by atoms with E-state index >= 15 is 0 Å². The number of aromatic amines is 1. The molecule has 0 fully saturated rings. The van der Waals surface area contributed by atoms with Crippen molar-refractivity contribution >= 4 is 15.9 Å².